The average molecular weight is 312 g/mol. The molecule has 0 aromatic heterocycles. The van der Waals surface area contributed by atoms with Crippen LogP contribution in [-0.4, -0.2) is 18.4 Å². The van der Waals surface area contributed by atoms with Gasteiger partial charge >= 0.3 is 0 Å². The zero-order valence-corrected chi connectivity index (χ0v) is 13.3. The van der Waals surface area contributed by atoms with E-state index in [1.807, 2.05) is 24.3 Å². The Hall–Kier alpha value is -2.82. The average Bonchev–Trinajstić information content (AvgIpc) is 2.53. The number of anilines is 2. The van der Waals surface area contributed by atoms with Gasteiger partial charge in [-0.25, -0.2) is 0 Å². The second-order valence-electron chi connectivity index (χ2n) is 5.07. The van der Waals surface area contributed by atoms with Gasteiger partial charge in [0.05, 0.1) is 5.69 Å². The maximum Gasteiger partial charge on any atom is 0.262 e. The summed E-state index contributed by atoms with van der Waals surface area (Å²) in [5.41, 5.74) is 2.44. The molecule has 2 amide bonds. The molecule has 2 aromatic carbocycles. The first-order chi connectivity index (χ1) is 11.1. The van der Waals surface area contributed by atoms with E-state index >= 15 is 0 Å². The van der Waals surface area contributed by atoms with Crippen LogP contribution in [0.4, 0.5) is 11.4 Å². The topological polar surface area (TPSA) is 67.4 Å². The zero-order chi connectivity index (χ0) is 16.7. The van der Waals surface area contributed by atoms with Crippen molar-refractivity contribution in [3.63, 3.8) is 0 Å². The number of hydrogen-bond donors (Lipinski definition) is 2. The molecule has 0 heterocycles. The first-order valence-corrected chi connectivity index (χ1v) is 7.46. The lowest BCUT2D eigenvalue weighted by Crippen LogP contribution is -2.20. The molecule has 0 bridgehead atoms. The first kappa shape index (κ1) is 16.5. The smallest absolute Gasteiger partial charge is 0.262 e. The lowest BCUT2D eigenvalue weighted by atomic mass is 10.1. The summed E-state index contributed by atoms with van der Waals surface area (Å²) in [7, 11) is 0. The molecule has 5 nitrogen and oxygen atoms in total. The van der Waals surface area contributed by atoms with Gasteiger partial charge in [0, 0.05) is 12.6 Å². The van der Waals surface area contributed by atoms with Crippen LogP contribution in [0.3, 0.4) is 0 Å². The molecule has 0 atom stereocenters. The first-order valence-electron chi connectivity index (χ1n) is 7.46. The number of amides is 2. The molecule has 0 aliphatic heterocycles. The van der Waals surface area contributed by atoms with Crippen LogP contribution in [0.1, 0.15) is 19.4 Å². The Labute approximate surface area is 135 Å². The van der Waals surface area contributed by atoms with E-state index in [-0.39, 0.29) is 18.4 Å². The van der Waals surface area contributed by atoms with E-state index in [9.17, 15) is 9.59 Å². The number of carbonyl (C=O) groups excluding carboxylic acids is 2. The number of rotatable bonds is 6. The van der Waals surface area contributed by atoms with Crippen molar-refractivity contribution < 1.29 is 14.3 Å². The van der Waals surface area contributed by atoms with Crippen molar-refractivity contribution >= 4 is 23.2 Å². The number of nitrogens with one attached hydrogen (secondary N) is 2. The van der Waals surface area contributed by atoms with Crippen LogP contribution in [0.15, 0.2) is 48.5 Å². The fraction of sp³-hybridized carbons (Fsp3) is 0.222. The summed E-state index contributed by atoms with van der Waals surface area (Å²) >= 11 is 0. The van der Waals surface area contributed by atoms with Crippen LogP contribution in [-0.2, 0) is 16.0 Å². The molecule has 120 valence electrons. The molecule has 0 radical (unpaired) electrons. The highest BCUT2D eigenvalue weighted by Gasteiger charge is 2.08. The molecule has 2 aromatic rings. The molecule has 2 rings (SSSR count). The largest absolute Gasteiger partial charge is 0.482 e. The third-order valence-corrected chi connectivity index (χ3v) is 3.18. The minimum Gasteiger partial charge on any atom is -0.482 e. The molecule has 23 heavy (non-hydrogen) atoms. The van der Waals surface area contributed by atoms with E-state index in [1.54, 1.807) is 24.3 Å². The van der Waals surface area contributed by atoms with Gasteiger partial charge in [0.15, 0.2) is 6.61 Å². The summed E-state index contributed by atoms with van der Waals surface area (Å²) in [6.45, 7) is 3.35. The third-order valence-electron chi connectivity index (χ3n) is 3.18. The Balaban J connectivity index is 1.95. The van der Waals surface area contributed by atoms with Crippen LogP contribution in [0.5, 0.6) is 5.75 Å². The van der Waals surface area contributed by atoms with Gasteiger partial charge in [-0.2, -0.15) is 0 Å². The maximum absolute atomic E-state index is 12.0. The minimum absolute atomic E-state index is 0.132. The Morgan fingerprint density at radius 2 is 1.83 bits per heavy atom. The van der Waals surface area contributed by atoms with Gasteiger partial charge in [-0.15, -0.1) is 0 Å². The Morgan fingerprint density at radius 1 is 1.04 bits per heavy atom. The van der Waals surface area contributed by atoms with Crippen molar-refractivity contribution in [3.05, 3.63) is 54.1 Å². The van der Waals surface area contributed by atoms with Crippen LogP contribution in [0.25, 0.3) is 0 Å². The SMILES string of the molecule is CCc1cccc(NC(=O)COc2ccccc2NC(C)=O)c1. The molecule has 0 saturated heterocycles. The highest BCUT2D eigenvalue weighted by Crippen LogP contribution is 2.23. The number of ether oxygens (including phenoxy) is 1. The predicted molar refractivity (Wildman–Crippen MR) is 90.7 cm³/mol. The van der Waals surface area contributed by atoms with Crippen molar-refractivity contribution in [3.8, 4) is 5.75 Å². The van der Waals surface area contributed by atoms with Gasteiger partial charge in [-0.3, -0.25) is 9.59 Å². The molecule has 0 aliphatic carbocycles. The Kier molecular flexibility index (Phi) is 5.74. The van der Waals surface area contributed by atoms with Crippen molar-refractivity contribution in [1.29, 1.82) is 0 Å². The lowest BCUT2D eigenvalue weighted by molar-refractivity contribution is -0.118. The van der Waals surface area contributed by atoms with Crippen LogP contribution >= 0.6 is 0 Å². The molecule has 5 heteroatoms. The molecule has 0 saturated carbocycles. The summed E-state index contributed by atoms with van der Waals surface area (Å²) in [6, 6.07) is 14.7. The molecule has 0 aliphatic rings. The van der Waals surface area contributed by atoms with E-state index in [2.05, 4.69) is 17.6 Å². The number of benzene rings is 2. The molecule has 2 N–H and O–H groups in total. The summed E-state index contributed by atoms with van der Waals surface area (Å²) in [5.74, 6) is 0.0120. The molecule has 0 unspecified atom stereocenters. The van der Waals surface area contributed by atoms with Gasteiger partial charge in [0.2, 0.25) is 5.91 Å². The molecule has 0 spiro atoms. The normalized spacial score (nSPS) is 10.0. The monoisotopic (exact) mass is 312 g/mol. The number of aryl methyl sites for hydroxylation is 1. The predicted octanol–water partition coefficient (Wildman–Crippen LogP) is 3.22. The second kappa shape index (κ2) is 7.98. The summed E-state index contributed by atoms with van der Waals surface area (Å²) in [6.07, 6.45) is 0.907. The van der Waals surface area contributed by atoms with E-state index in [4.69, 9.17) is 4.74 Å². The van der Waals surface area contributed by atoms with Crippen molar-refractivity contribution in [2.45, 2.75) is 20.3 Å². The summed E-state index contributed by atoms with van der Waals surface area (Å²) in [5, 5.41) is 5.46. The van der Waals surface area contributed by atoms with E-state index in [0.717, 1.165) is 17.7 Å². The van der Waals surface area contributed by atoms with Crippen molar-refractivity contribution in [2.75, 3.05) is 17.2 Å². The third kappa shape index (κ3) is 5.14. The summed E-state index contributed by atoms with van der Waals surface area (Å²) < 4.78 is 5.50. The Morgan fingerprint density at radius 3 is 2.57 bits per heavy atom. The number of para-hydroxylation sites is 2. The van der Waals surface area contributed by atoms with Crippen LogP contribution in [0.2, 0.25) is 0 Å². The van der Waals surface area contributed by atoms with Crippen LogP contribution in [0, 0.1) is 0 Å². The van der Waals surface area contributed by atoms with Crippen molar-refractivity contribution in [1.82, 2.24) is 0 Å². The van der Waals surface area contributed by atoms with E-state index in [0.29, 0.717) is 11.4 Å². The van der Waals surface area contributed by atoms with Crippen LogP contribution < -0.4 is 15.4 Å². The molecular weight excluding hydrogens is 292 g/mol. The molecule has 0 fully saturated rings. The second-order valence-corrected chi connectivity index (χ2v) is 5.07. The van der Waals surface area contributed by atoms with Gasteiger partial charge in [-0.1, -0.05) is 31.2 Å². The van der Waals surface area contributed by atoms with Gasteiger partial charge < -0.3 is 15.4 Å². The van der Waals surface area contributed by atoms with Gasteiger partial charge in [-0.05, 0) is 36.2 Å². The Bertz CT molecular complexity index is 698. The highest BCUT2D eigenvalue weighted by atomic mass is 16.5. The number of carbonyl (C=O) groups is 2. The maximum atomic E-state index is 12.0. The van der Waals surface area contributed by atoms with Crippen molar-refractivity contribution in [2.24, 2.45) is 0 Å². The van der Waals surface area contributed by atoms with Gasteiger partial charge in [0.1, 0.15) is 5.75 Å². The van der Waals surface area contributed by atoms with E-state index in [1.165, 1.54) is 6.92 Å². The van der Waals surface area contributed by atoms with E-state index < -0.39 is 0 Å². The molecular formula is C18H20N2O3. The standard InChI is InChI=1S/C18H20N2O3/c1-3-14-7-6-8-15(11-14)20-18(22)12-23-17-10-5-4-9-16(17)19-13(2)21/h4-11H,3,12H2,1-2H3,(H,19,21)(H,20,22). The lowest BCUT2D eigenvalue weighted by Gasteiger charge is -2.12. The number of hydrogen-bond acceptors (Lipinski definition) is 3. The fourth-order valence-electron chi connectivity index (χ4n) is 2.09. The zero-order valence-electron chi connectivity index (χ0n) is 13.3. The fourth-order valence-corrected chi connectivity index (χ4v) is 2.09. The minimum atomic E-state index is -0.254. The summed E-state index contributed by atoms with van der Waals surface area (Å²) in [4.78, 5) is 23.2. The highest BCUT2D eigenvalue weighted by molar-refractivity contribution is 5.92. The quantitative estimate of drug-likeness (QED) is 0.860. The van der Waals surface area contributed by atoms with Gasteiger partial charge in [0.25, 0.3) is 5.91 Å².